The molecule has 0 aliphatic carbocycles. The second-order valence-corrected chi connectivity index (χ2v) is 12.0. The Morgan fingerprint density at radius 3 is 2.42 bits per heavy atom. The SMILES string of the molecule is Cc1cc(OC[C@]2(CC(=O)N3CCC(O)CC3)CN(Cc3cnc(N4CCCCC4)nc3)CCO2)cc(C)c1Cl. The van der Waals surface area contributed by atoms with E-state index in [1.54, 1.807) is 0 Å². The van der Waals surface area contributed by atoms with E-state index >= 15 is 0 Å². The predicted octanol–water partition coefficient (Wildman–Crippen LogP) is 3.76. The first kappa shape index (κ1) is 29.0. The molecular formula is C30H42ClN5O4. The molecular weight excluding hydrogens is 530 g/mol. The molecule has 10 heteroatoms. The molecule has 40 heavy (non-hydrogen) atoms. The first-order valence-corrected chi connectivity index (χ1v) is 15.0. The van der Waals surface area contributed by atoms with E-state index in [-0.39, 0.29) is 25.0 Å². The lowest BCUT2D eigenvalue weighted by Crippen LogP contribution is -2.57. The number of halogens is 1. The van der Waals surface area contributed by atoms with Gasteiger partial charge in [0.2, 0.25) is 11.9 Å². The molecule has 3 saturated heterocycles. The lowest BCUT2D eigenvalue weighted by Gasteiger charge is -2.43. The molecule has 3 aliphatic rings. The molecule has 0 bridgehead atoms. The number of ether oxygens (including phenoxy) is 2. The Hall–Kier alpha value is -2.46. The van der Waals surface area contributed by atoms with Gasteiger partial charge in [0.1, 0.15) is 18.0 Å². The van der Waals surface area contributed by atoms with Crippen molar-refractivity contribution in [2.45, 2.75) is 70.6 Å². The van der Waals surface area contributed by atoms with E-state index < -0.39 is 5.60 Å². The molecule has 5 rings (SSSR count). The van der Waals surface area contributed by atoms with E-state index in [1.807, 2.05) is 43.3 Å². The van der Waals surface area contributed by atoms with Gasteiger partial charge >= 0.3 is 0 Å². The van der Waals surface area contributed by atoms with Crippen molar-refractivity contribution in [2.24, 2.45) is 0 Å². The maximum Gasteiger partial charge on any atom is 0.225 e. The van der Waals surface area contributed by atoms with Crippen molar-refractivity contribution in [3.8, 4) is 5.75 Å². The van der Waals surface area contributed by atoms with Gasteiger partial charge in [0.25, 0.3) is 0 Å². The van der Waals surface area contributed by atoms with E-state index in [9.17, 15) is 9.90 Å². The topological polar surface area (TPSA) is 91.3 Å². The standard InChI is InChI=1S/C30H42ClN5O4/c1-22-14-26(15-23(2)28(22)31)39-21-30(16-27(38)35-10-6-25(37)7-11-35)20-34(12-13-40-30)19-24-17-32-29(33-18-24)36-8-4-3-5-9-36/h14-15,17-18,25,37H,3-13,16,19-21H2,1-2H3/t30-/m0/s1. The summed E-state index contributed by atoms with van der Waals surface area (Å²) in [5, 5.41) is 10.6. The molecule has 4 heterocycles. The van der Waals surface area contributed by atoms with Gasteiger partial charge in [-0.15, -0.1) is 0 Å². The van der Waals surface area contributed by atoms with Gasteiger partial charge < -0.3 is 24.4 Å². The van der Waals surface area contributed by atoms with Gasteiger partial charge in [0.05, 0.1) is 19.1 Å². The van der Waals surface area contributed by atoms with Gasteiger partial charge in [-0.1, -0.05) is 11.6 Å². The summed E-state index contributed by atoms with van der Waals surface area (Å²) in [7, 11) is 0. The number of aromatic nitrogens is 2. The summed E-state index contributed by atoms with van der Waals surface area (Å²) in [4.78, 5) is 29.2. The minimum atomic E-state index is -0.804. The molecule has 1 atom stereocenters. The molecule has 3 aliphatic heterocycles. The van der Waals surface area contributed by atoms with E-state index in [4.69, 9.17) is 21.1 Å². The van der Waals surface area contributed by atoms with Crippen LogP contribution in [-0.2, 0) is 16.1 Å². The fourth-order valence-electron chi connectivity index (χ4n) is 5.96. The summed E-state index contributed by atoms with van der Waals surface area (Å²) in [6.07, 6.45) is 8.61. The molecule has 218 valence electrons. The quantitative estimate of drug-likeness (QED) is 0.512. The third-order valence-electron chi connectivity index (χ3n) is 8.27. The molecule has 1 amide bonds. The van der Waals surface area contributed by atoms with Crippen LogP contribution in [0.2, 0.25) is 5.02 Å². The number of hydrogen-bond donors (Lipinski definition) is 1. The van der Waals surface area contributed by atoms with E-state index in [0.29, 0.717) is 45.6 Å². The first-order valence-electron chi connectivity index (χ1n) is 14.6. The van der Waals surface area contributed by atoms with Gasteiger partial charge in [-0.3, -0.25) is 9.69 Å². The highest BCUT2D eigenvalue weighted by Crippen LogP contribution is 2.30. The molecule has 0 radical (unpaired) electrons. The third kappa shape index (κ3) is 7.24. The average Bonchev–Trinajstić information content (AvgIpc) is 2.96. The van der Waals surface area contributed by atoms with Crippen LogP contribution in [0.15, 0.2) is 24.5 Å². The van der Waals surface area contributed by atoms with Gasteiger partial charge in [-0.2, -0.15) is 0 Å². The number of carbonyl (C=O) groups is 1. The monoisotopic (exact) mass is 571 g/mol. The summed E-state index contributed by atoms with van der Waals surface area (Å²) < 4.78 is 12.7. The average molecular weight is 572 g/mol. The van der Waals surface area contributed by atoms with Gasteiger partial charge in [0, 0.05) is 68.8 Å². The maximum absolute atomic E-state index is 13.4. The minimum absolute atomic E-state index is 0.0371. The van der Waals surface area contributed by atoms with Crippen LogP contribution in [0, 0.1) is 13.8 Å². The molecule has 2 aromatic rings. The summed E-state index contributed by atoms with van der Waals surface area (Å²) in [5.41, 5.74) is 2.14. The summed E-state index contributed by atoms with van der Waals surface area (Å²) in [5.74, 6) is 1.56. The van der Waals surface area contributed by atoms with Crippen LogP contribution < -0.4 is 9.64 Å². The summed E-state index contributed by atoms with van der Waals surface area (Å²) in [6.45, 7) is 9.81. The summed E-state index contributed by atoms with van der Waals surface area (Å²) >= 11 is 6.37. The second kappa shape index (κ2) is 13.0. The van der Waals surface area contributed by atoms with E-state index in [2.05, 4.69) is 19.8 Å². The fourth-order valence-corrected chi connectivity index (χ4v) is 6.06. The number of likely N-dealkylation sites (tertiary alicyclic amines) is 1. The second-order valence-electron chi connectivity index (χ2n) is 11.6. The molecule has 0 spiro atoms. The highest BCUT2D eigenvalue weighted by atomic mass is 35.5. The number of aliphatic hydroxyl groups is 1. The number of anilines is 1. The van der Waals surface area contributed by atoms with Crippen LogP contribution >= 0.6 is 11.6 Å². The molecule has 0 unspecified atom stereocenters. The third-order valence-corrected chi connectivity index (χ3v) is 8.86. The molecule has 0 saturated carbocycles. The number of amides is 1. The van der Waals surface area contributed by atoms with Crippen molar-refractivity contribution < 1.29 is 19.4 Å². The number of aryl methyl sites for hydroxylation is 2. The van der Waals surface area contributed by atoms with Crippen molar-refractivity contribution in [3.63, 3.8) is 0 Å². The predicted molar refractivity (Wildman–Crippen MR) is 155 cm³/mol. The van der Waals surface area contributed by atoms with Gasteiger partial charge in [-0.05, 0) is 69.2 Å². The number of piperidine rings is 2. The Bertz CT molecular complexity index is 1130. The highest BCUT2D eigenvalue weighted by Gasteiger charge is 2.41. The number of hydrogen-bond acceptors (Lipinski definition) is 8. The Labute approximate surface area is 242 Å². The van der Waals surface area contributed by atoms with Crippen molar-refractivity contribution in [1.82, 2.24) is 19.8 Å². The van der Waals surface area contributed by atoms with Gasteiger partial charge in [0.15, 0.2) is 0 Å². The van der Waals surface area contributed by atoms with Crippen LogP contribution in [0.5, 0.6) is 5.75 Å². The molecule has 1 aromatic heterocycles. The van der Waals surface area contributed by atoms with Crippen LogP contribution in [0.3, 0.4) is 0 Å². The Balaban J connectivity index is 1.29. The fraction of sp³-hybridized carbons (Fsp3) is 0.633. The number of nitrogens with zero attached hydrogens (tertiary/aromatic N) is 5. The van der Waals surface area contributed by atoms with Gasteiger partial charge in [-0.25, -0.2) is 9.97 Å². The zero-order valence-electron chi connectivity index (χ0n) is 23.8. The number of aliphatic hydroxyl groups excluding tert-OH is 1. The van der Waals surface area contributed by atoms with Crippen molar-refractivity contribution in [3.05, 3.63) is 46.2 Å². The molecule has 9 nitrogen and oxygen atoms in total. The normalized spacial score (nSPS) is 22.9. The van der Waals surface area contributed by atoms with E-state index in [0.717, 1.165) is 53.0 Å². The van der Waals surface area contributed by atoms with Crippen molar-refractivity contribution in [2.75, 3.05) is 57.4 Å². The number of morpholine rings is 1. The Morgan fingerprint density at radius 2 is 1.75 bits per heavy atom. The number of carbonyl (C=O) groups excluding carboxylic acids is 1. The Morgan fingerprint density at radius 1 is 1.07 bits per heavy atom. The number of benzene rings is 1. The van der Waals surface area contributed by atoms with Crippen LogP contribution in [0.4, 0.5) is 5.95 Å². The summed E-state index contributed by atoms with van der Waals surface area (Å²) in [6, 6.07) is 3.86. The van der Waals surface area contributed by atoms with Crippen LogP contribution in [0.1, 0.15) is 55.2 Å². The van der Waals surface area contributed by atoms with Crippen molar-refractivity contribution in [1.29, 1.82) is 0 Å². The Kier molecular flexibility index (Phi) is 9.45. The first-order chi connectivity index (χ1) is 19.3. The smallest absolute Gasteiger partial charge is 0.225 e. The maximum atomic E-state index is 13.4. The minimum Gasteiger partial charge on any atom is -0.490 e. The van der Waals surface area contributed by atoms with Crippen molar-refractivity contribution >= 4 is 23.5 Å². The zero-order valence-corrected chi connectivity index (χ0v) is 24.5. The van der Waals surface area contributed by atoms with Crippen LogP contribution in [0.25, 0.3) is 0 Å². The lowest BCUT2D eigenvalue weighted by atomic mass is 9.95. The van der Waals surface area contributed by atoms with Crippen LogP contribution in [-0.4, -0.2) is 95.0 Å². The molecule has 3 fully saturated rings. The number of rotatable bonds is 8. The molecule has 1 N–H and O–H groups in total. The lowest BCUT2D eigenvalue weighted by molar-refractivity contribution is -0.158. The molecule has 1 aromatic carbocycles. The largest absolute Gasteiger partial charge is 0.490 e. The zero-order chi connectivity index (χ0) is 28.1. The van der Waals surface area contributed by atoms with E-state index in [1.165, 1.54) is 19.3 Å². The highest BCUT2D eigenvalue weighted by molar-refractivity contribution is 6.32.